The molecule has 0 saturated carbocycles. The Bertz CT molecular complexity index is 1090. The topological polar surface area (TPSA) is 80.2 Å². The summed E-state index contributed by atoms with van der Waals surface area (Å²) in [6.07, 6.45) is -3.16. The van der Waals surface area contributed by atoms with Gasteiger partial charge in [-0.05, 0) is 48.7 Å². The van der Waals surface area contributed by atoms with Gasteiger partial charge in [-0.1, -0.05) is 37.7 Å². The van der Waals surface area contributed by atoms with Gasteiger partial charge in [0.1, 0.15) is 0 Å². The number of methoxy groups -OCH3 is 1. The average molecular weight is 510 g/mol. The van der Waals surface area contributed by atoms with Gasteiger partial charge in [0.05, 0.1) is 24.6 Å². The van der Waals surface area contributed by atoms with Crippen LogP contribution in [0.3, 0.4) is 0 Å². The van der Waals surface area contributed by atoms with Crippen LogP contribution < -0.4 is 14.8 Å². The van der Waals surface area contributed by atoms with Gasteiger partial charge >= 0.3 is 11.6 Å². The number of benzene rings is 2. The summed E-state index contributed by atoms with van der Waals surface area (Å²) in [6, 6.07) is 11.2. The largest absolute Gasteiger partial charge is 0.573 e. The molecule has 1 unspecified atom stereocenters. The van der Waals surface area contributed by atoms with Crippen molar-refractivity contribution < 1.29 is 32.2 Å². The molecular weight excluding hydrogens is 483 g/mol. The molecule has 2 aromatic rings. The van der Waals surface area contributed by atoms with E-state index in [0.29, 0.717) is 29.8 Å². The van der Waals surface area contributed by atoms with Gasteiger partial charge in [0, 0.05) is 17.7 Å². The Kier molecular flexibility index (Phi) is 8.66. The second-order valence-electron chi connectivity index (χ2n) is 7.73. The number of thioether (sulfide) groups is 1. The van der Waals surface area contributed by atoms with Crippen LogP contribution in [0.15, 0.2) is 47.6 Å². The maximum atomic E-state index is 12.9. The molecule has 1 heterocycles. The molecule has 0 spiro atoms. The SMILES string of the molecule is CCCC(=O)Nc1ccc(CN2N=C(c3ccc(OC)c(OC(F)(F)F)c3)C(CC)SC2=O)cc1. The molecule has 1 atom stereocenters. The minimum atomic E-state index is -4.89. The zero-order valence-corrected chi connectivity index (χ0v) is 20.3. The molecular formula is C24H26F3N3O4S. The molecule has 0 fully saturated rings. The Labute approximate surface area is 205 Å². The van der Waals surface area contributed by atoms with Gasteiger partial charge in [0.2, 0.25) is 5.91 Å². The Morgan fingerprint density at radius 1 is 1.14 bits per heavy atom. The number of nitrogens with one attached hydrogen (secondary N) is 1. The monoisotopic (exact) mass is 509 g/mol. The van der Waals surface area contributed by atoms with E-state index in [-0.39, 0.29) is 28.7 Å². The molecule has 2 amide bonds. The van der Waals surface area contributed by atoms with Gasteiger partial charge in [-0.3, -0.25) is 9.59 Å². The van der Waals surface area contributed by atoms with E-state index in [2.05, 4.69) is 15.2 Å². The van der Waals surface area contributed by atoms with Crippen molar-refractivity contribution in [2.75, 3.05) is 12.4 Å². The van der Waals surface area contributed by atoms with Crippen LogP contribution in [-0.2, 0) is 11.3 Å². The highest BCUT2D eigenvalue weighted by molar-refractivity contribution is 8.14. The summed E-state index contributed by atoms with van der Waals surface area (Å²) in [5, 5.41) is 7.99. The van der Waals surface area contributed by atoms with Crippen molar-refractivity contribution in [3.63, 3.8) is 0 Å². The standard InChI is InChI=1S/C24H26F3N3O4S/c1-4-6-21(31)28-17-10-7-15(8-11-17)14-30-23(32)35-20(5-2)22(29-30)16-9-12-18(33-3)19(13-16)34-24(25,26)27/h7-13,20H,4-6,14H2,1-3H3,(H,28,31). The van der Waals surface area contributed by atoms with Crippen LogP contribution >= 0.6 is 11.8 Å². The van der Waals surface area contributed by atoms with Crippen LogP contribution in [0.5, 0.6) is 11.5 Å². The number of anilines is 1. The average Bonchev–Trinajstić information content (AvgIpc) is 2.80. The van der Waals surface area contributed by atoms with E-state index in [1.54, 1.807) is 30.3 Å². The third kappa shape index (κ3) is 7.14. The number of rotatable bonds is 9. The smallest absolute Gasteiger partial charge is 0.493 e. The summed E-state index contributed by atoms with van der Waals surface area (Å²) in [5.74, 6) is -0.623. The molecule has 0 radical (unpaired) electrons. The Morgan fingerprint density at radius 3 is 2.46 bits per heavy atom. The number of hydrogen-bond acceptors (Lipinski definition) is 6. The van der Waals surface area contributed by atoms with Crippen LogP contribution in [0.25, 0.3) is 0 Å². The second-order valence-corrected chi connectivity index (χ2v) is 8.89. The zero-order valence-electron chi connectivity index (χ0n) is 19.5. The van der Waals surface area contributed by atoms with Gasteiger partial charge in [0.15, 0.2) is 11.5 Å². The fourth-order valence-corrected chi connectivity index (χ4v) is 4.38. The summed E-state index contributed by atoms with van der Waals surface area (Å²) in [7, 11) is 1.25. The maximum Gasteiger partial charge on any atom is 0.573 e. The van der Waals surface area contributed by atoms with Crippen molar-refractivity contribution in [3.05, 3.63) is 53.6 Å². The normalized spacial score (nSPS) is 16.1. The fourth-order valence-electron chi connectivity index (χ4n) is 3.45. The van der Waals surface area contributed by atoms with E-state index < -0.39 is 12.1 Å². The predicted molar refractivity (Wildman–Crippen MR) is 129 cm³/mol. The number of hydrazone groups is 1. The van der Waals surface area contributed by atoms with Crippen LogP contribution in [0, 0.1) is 0 Å². The third-order valence-electron chi connectivity index (χ3n) is 5.09. The lowest BCUT2D eigenvalue weighted by molar-refractivity contribution is -0.275. The van der Waals surface area contributed by atoms with E-state index in [9.17, 15) is 22.8 Å². The maximum absolute atomic E-state index is 12.9. The van der Waals surface area contributed by atoms with E-state index in [4.69, 9.17) is 4.74 Å². The van der Waals surface area contributed by atoms with Crippen molar-refractivity contribution in [3.8, 4) is 11.5 Å². The minimum Gasteiger partial charge on any atom is -0.493 e. The second kappa shape index (κ2) is 11.5. The first kappa shape index (κ1) is 26.4. The number of carbonyl (C=O) groups is 2. The van der Waals surface area contributed by atoms with Crippen LogP contribution in [0.2, 0.25) is 0 Å². The summed E-state index contributed by atoms with van der Waals surface area (Å²) >= 11 is 1.07. The first-order chi connectivity index (χ1) is 16.6. The van der Waals surface area contributed by atoms with E-state index in [1.807, 2.05) is 13.8 Å². The van der Waals surface area contributed by atoms with E-state index in [0.717, 1.165) is 23.7 Å². The van der Waals surface area contributed by atoms with Crippen molar-refractivity contribution in [2.45, 2.75) is 51.3 Å². The lowest BCUT2D eigenvalue weighted by Crippen LogP contribution is -2.34. The molecule has 3 rings (SSSR count). The van der Waals surface area contributed by atoms with Crippen molar-refractivity contribution in [1.29, 1.82) is 0 Å². The highest BCUT2D eigenvalue weighted by Crippen LogP contribution is 2.36. The quantitative estimate of drug-likeness (QED) is 0.436. The fraction of sp³-hybridized carbons (Fsp3) is 0.375. The Balaban J connectivity index is 1.86. The van der Waals surface area contributed by atoms with Crippen molar-refractivity contribution in [1.82, 2.24) is 5.01 Å². The van der Waals surface area contributed by atoms with Gasteiger partial charge in [-0.2, -0.15) is 5.10 Å². The number of carbonyl (C=O) groups excluding carboxylic acids is 2. The molecule has 7 nitrogen and oxygen atoms in total. The third-order valence-corrected chi connectivity index (χ3v) is 6.34. The number of alkyl halides is 3. The molecule has 0 aliphatic carbocycles. The number of halogens is 3. The van der Waals surface area contributed by atoms with E-state index >= 15 is 0 Å². The Hall–Kier alpha value is -3.21. The van der Waals surface area contributed by atoms with E-state index in [1.165, 1.54) is 24.3 Å². The number of ether oxygens (including phenoxy) is 2. The van der Waals surface area contributed by atoms with Gasteiger partial charge in [-0.15, -0.1) is 13.2 Å². The first-order valence-corrected chi connectivity index (χ1v) is 11.9. The summed E-state index contributed by atoms with van der Waals surface area (Å²) in [6.45, 7) is 3.96. The molecule has 0 aromatic heterocycles. The lowest BCUT2D eigenvalue weighted by atomic mass is 10.0. The van der Waals surface area contributed by atoms with Gasteiger partial charge in [0.25, 0.3) is 0 Å². The number of amides is 2. The summed E-state index contributed by atoms with van der Waals surface area (Å²) in [4.78, 5) is 24.5. The molecule has 1 aliphatic heterocycles. The van der Waals surface area contributed by atoms with Gasteiger partial charge in [-0.25, -0.2) is 5.01 Å². The molecule has 11 heteroatoms. The summed E-state index contributed by atoms with van der Waals surface area (Å²) < 4.78 is 47.8. The number of hydrogen-bond donors (Lipinski definition) is 1. The highest BCUT2D eigenvalue weighted by atomic mass is 32.2. The number of nitrogens with zero attached hydrogens (tertiary/aromatic N) is 2. The molecule has 35 heavy (non-hydrogen) atoms. The summed E-state index contributed by atoms with van der Waals surface area (Å²) in [5.41, 5.74) is 2.30. The van der Waals surface area contributed by atoms with Crippen molar-refractivity contribution >= 4 is 34.3 Å². The lowest BCUT2D eigenvalue weighted by Gasteiger charge is -2.28. The molecule has 0 bridgehead atoms. The van der Waals surface area contributed by atoms with Crippen LogP contribution in [-0.4, -0.2) is 40.6 Å². The minimum absolute atomic E-state index is 0.0674. The predicted octanol–water partition coefficient (Wildman–Crippen LogP) is 6.18. The molecule has 188 valence electrons. The zero-order chi connectivity index (χ0) is 25.6. The highest BCUT2D eigenvalue weighted by Gasteiger charge is 2.34. The Morgan fingerprint density at radius 2 is 1.86 bits per heavy atom. The van der Waals surface area contributed by atoms with Crippen molar-refractivity contribution in [2.24, 2.45) is 5.10 Å². The molecule has 0 saturated heterocycles. The molecule has 2 aromatic carbocycles. The van der Waals surface area contributed by atoms with Gasteiger partial charge < -0.3 is 14.8 Å². The van der Waals surface area contributed by atoms with Crippen LogP contribution in [0.1, 0.15) is 44.2 Å². The molecule has 1 aliphatic rings. The first-order valence-electron chi connectivity index (χ1n) is 11.0. The van der Waals surface area contributed by atoms with Crippen LogP contribution in [0.4, 0.5) is 23.7 Å². The molecule has 1 N–H and O–H groups in total.